The van der Waals surface area contributed by atoms with Crippen LogP contribution < -0.4 is 10.6 Å². The van der Waals surface area contributed by atoms with Crippen LogP contribution in [0.4, 0.5) is 5.13 Å². The second-order valence-corrected chi connectivity index (χ2v) is 6.94. The molecule has 2 N–H and O–H groups in total. The highest BCUT2D eigenvalue weighted by molar-refractivity contribution is 7.14. The quantitative estimate of drug-likeness (QED) is 0.687. The number of furan rings is 1. The van der Waals surface area contributed by atoms with E-state index in [1.54, 1.807) is 36.9 Å². The summed E-state index contributed by atoms with van der Waals surface area (Å²) in [6.07, 6.45) is 3.12. The number of rotatable bonds is 6. The third-order valence-electron chi connectivity index (χ3n) is 4.34. The van der Waals surface area contributed by atoms with Gasteiger partial charge in [0, 0.05) is 18.5 Å². The Morgan fingerprint density at radius 1 is 1.35 bits per heavy atom. The van der Waals surface area contributed by atoms with Crippen LogP contribution in [-0.4, -0.2) is 29.0 Å². The highest BCUT2D eigenvalue weighted by Gasteiger charge is 2.54. The summed E-state index contributed by atoms with van der Waals surface area (Å²) in [5.74, 6) is 0.766. The van der Waals surface area contributed by atoms with E-state index in [0.717, 1.165) is 0 Å². The first kappa shape index (κ1) is 16.5. The number of likely N-dealkylation sites (N-methyl/N-ethyl adjacent to an activating group) is 1. The van der Waals surface area contributed by atoms with Crippen molar-refractivity contribution in [3.8, 4) is 11.5 Å². The topological polar surface area (TPSA) is 110 Å². The monoisotopic (exact) mass is 372 g/mol. The molecule has 0 radical (unpaired) electrons. The molecule has 9 heteroatoms. The fourth-order valence-corrected chi connectivity index (χ4v) is 3.38. The van der Waals surface area contributed by atoms with Crippen LogP contribution in [0.2, 0.25) is 0 Å². The van der Waals surface area contributed by atoms with E-state index in [9.17, 15) is 9.59 Å². The Hall–Kier alpha value is -2.94. The molecule has 0 saturated heterocycles. The zero-order valence-corrected chi connectivity index (χ0v) is 14.8. The van der Waals surface area contributed by atoms with E-state index < -0.39 is 5.41 Å². The molecular weight excluding hydrogens is 356 g/mol. The van der Waals surface area contributed by atoms with Crippen LogP contribution in [0.25, 0.3) is 11.5 Å². The van der Waals surface area contributed by atoms with Gasteiger partial charge in [-0.2, -0.15) is 0 Å². The van der Waals surface area contributed by atoms with Gasteiger partial charge in [0.25, 0.3) is 0 Å². The van der Waals surface area contributed by atoms with Gasteiger partial charge in [-0.05, 0) is 25.0 Å². The molecule has 4 rings (SSSR count). The summed E-state index contributed by atoms with van der Waals surface area (Å²) in [6.45, 7) is 0. The zero-order chi connectivity index (χ0) is 18.1. The van der Waals surface area contributed by atoms with Crippen molar-refractivity contribution in [1.82, 2.24) is 15.5 Å². The molecule has 134 valence electrons. The molecule has 0 aromatic carbocycles. The van der Waals surface area contributed by atoms with E-state index >= 15 is 0 Å². The number of amides is 2. The molecule has 1 aliphatic carbocycles. The van der Waals surface area contributed by atoms with Gasteiger partial charge in [-0.25, -0.2) is 4.98 Å². The van der Waals surface area contributed by atoms with Crippen molar-refractivity contribution in [3.05, 3.63) is 41.2 Å². The molecular formula is C17H16N4O4S. The highest BCUT2D eigenvalue weighted by Crippen LogP contribution is 2.49. The van der Waals surface area contributed by atoms with Crippen LogP contribution in [0.3, 0.4) is 0 Å². The van der Waals surface area contributed by atoms with Gasteiger partial charge in [0.1, 0.15) is 0 Å². The number of nitrogens with zero attached hydrogens (tertiary/aromatic N) is 2. The van der Waals surface area contributed by atoms with Crippen molar-refractivity contribution in [2.75, 3.05) is 12.4 Å². The molecule has 0 spiro atoms. The number of hydrogen-bond donors (Lipinski definition) is 2. The lowest BCUT2D eigenvalue weighted by atomic mass is 10.0. The van der Waals surface area contributed by atoms with E-state index in [0.29, 0.717) is 40.9 Å². The van der Waals surface area contributed by atoms with Gasteiger partial charge in [-0.15, -0.1) is 11.3 Å². The minimum atomic E-state index is -0.693. The van der Waals surface area contributed by atoms with Crippen LogP contribution in [0.5, 0.6) is 0 Å². The second-order valence-electron chi connectivity index (χ2n) is 6.08. The lowest BCUT2D eigenvalue weighted by Crippen LogP contribution is -2.28. The van der Waals surface area contributed by atoms with Gasteiger partial charge in [0.05, 0.1) is 29.5 Å². The number of nitrogens with one attached hydrogen (secondary N) is 2. The molecule has 1 saturated carbocycles. The van der Waals surface area contributed by atoms with Gasteiger partial charge >= 0.3 is 0 Å². The van der Waals surface area contributed by atoms with Crippen molar-refractivity contribution >= 4 is 28.3 Å². The maximum atomic E-state index is 12.8. The van der Waals surface area contributed by atoms with E-state index in [4.69, 9.17) is 8.94 Å². The Morgan fingerprint density at radius 3 is 2.88 bits per heavy atom. The number of carbonyl (C=O) groups is 2. The van der Waals surface area contributed by atoms with E-state index in [1.165, 1.54) is 11.3 Å². The molecule has 3 aromatic heterocycles. The molecule has 3 heterocycles. The number of anilines is 1. The maximum Gasteiger partial charge on any atom is 0.238 e. The fraction of sp³-hybridized carbons (Fsp3) is 0.294. The number of aromatic nitrogens is 2. The second kappa shape index (κ2) is 6.41. The van der Waals surface area contributed by atoms with Crippen LogP contribution >= 0.6 is 11.3 Å². The molecule has 0 atom stereocenters. The van der Waals surface area contributed by atoms with Gasteiger partial charge in [0.2, 0.25) is 17.6 Å². The number of hydrogen-bond acceptors (Lipinski definition) is 7. The third-order valence-corrected chi connectivity index (χ3v) is 5.15. The largest absolute Gasteiger partial charge is 0.461 e. The highest BCUT2D eigenvalue weighted by atomic mass is 32.1. The molecule has 1 aliphatic rings. The minimum absolute atomic E-state index is 0.125. The molecule has 2 amide bonds. The predicted octanol–water partition coefficient (Wildman–Crippen LogP) is 2.35. The summed E-state index contributed by atoms with van der Waals surface area (Å²) >= 11 is 1.29. The Kier molecular flexibility index (Phi) is 4.08. The average Bonchev–Trinajstić information content (AvgIpc) is 3.06. The lowest BCUT2D eigenvalue weighted by molar-refractivity contribution is -0.120. The van der Waals surface area contributed by atoms with E-state index in [2.05, 4.69) is 20.8 Å². The molecule has 0 aliphatic heterocycles. The molecule has 8 nitrogen and oxygen atoms in total. The standard InChI is InChI=1S/C17H16N4O4S/c1-18-14(22)7-10-9-26-16(19-10)20-15(23)17(4-5-17)13-8-12(25-21-13)11-3-2-6-24-11/h2-3,6,8-9H,4-5,7H2,1H3,(H,18,22)(H,19,20,23). The van der Waals surface area contributed by atoms with Crippen molar-refractivity contribution in [3.63, 3.8) is 0 Å². The van der Waals surface area contributed by atoms with Crippen molar-refractivity contribution in [1.29, 1.82) is 0 Å². The van der Waals surface area contributed by atoms with Crippen molar-refractivity contribution in [2.45, 2.75) is 24.7 Å². The van der Waals surface area contributed by atoms with Crippen LogP contribution in [-0.2, 0) is 21.4 Å². The summed E-state index contributed by atoms with van der Waals surface area (Å²) in [7, 11) is 1.57. The maximum absolute atomic E-state index is 12.8. The summed E-state index contributed by atoms with van der Waals surface area (Å²) in [5.41, 5.74) is 0.514. The Bertz CT molecular complexity index is 940. The first-order valence-corrected chi connectivity index (χ1v) is 8.96. The fourth-order valence-electron chi connectivity index (χ4n) is 2.68. The van der Waals surface area contributed by atoms with E-state index in [-0.39, 0.29) is 18.2 Å². The van der Waals surface area contributed by atoms with Gasteiger partial charge in [-0.3, -0.25) is 9.59 Å². The van der Waals surface area contributed by atoms with Crippen molar-refractivity contribution < 1.29 is 18.5 Å². The zero-order valence-electron chi connectivity index (χ0n) is 13.9. The summed E-state index contributed by atoms with van der Waals surface area (Å²) < 4.78 is 10.6. The van der Waals surface area contributed by atoms with Gasteiger partial charge in [0.15, 0.2) is 10.9 Å². The van der Waals surface area contributed by atoms with Gasteiger partial charge in [-0.1, -0.05) is 5.16 Å². The van der Waals surface area contributed by atoms with Crippen LogP contribution in [0.1, 0.15) is 24.2 Å². The predicted molar refractivity (Wildman–Crippen MR) is 93.6 cm³/mol. The summed E-state index contributed by atoms with van der Waals surface area (Å²) in [6, 6.07) is 5.27. The lowest BCUT2D eigenvalue weighted by Gasteiger charge is -2.10. The third kappa shape index (κ3) is 3.01. The number of thiazole rings is 1. The Morgan fingerprint density at radius 2 is 2.19 bits per heavy atom. The smallest absolute Gasteiger partial charge is 0.238 e. The first-order valence-electron chi connectivity index (χ1n) is 8.08. The molecule has 1 fully saturated rings. The molecule has 3 aromatic rings. The molecule has 0 unspecified atom stereocenters. The van der Waals surface area contributed by atoms with Gasteiger partial charge < -0.3 is 19.6 Å². The number of carbonyl (C=O) groups excluding carboxylic acids is 2. The first-order chi connectivity index (χ1) is 12.6. The normalized spacial score (nSPS) is 14.8. The van der Waals surface area contributed by atoms with Crippen LogP contribution in [0, 0.1) is 0 Å². The SMILES string of the molecule is CNC(=O)Cc1csc(NC(=O)C2(c3cc(-c4ccco4)on3)CC2)n1. The summed E-state index contributed by atoms with van der Waals surface area (Å²) in [4.78, 5) is 28.4. The summed E-state index contributed by atoms with van der Waals surface area (Å²) in [5, 5.41) is 11.7. The Balaban J connectivity index is 1.47. The van der Waals surface area contributed by atoms with Crippen LogP contribution in [0.15, 0.2) is 38.8 Å². The Labute approximate surface area is 152 Å². The van der Waals surface area contributed by atoms with E-state index in [1.807, 2.05) is 0 Å². The molecule has 0 bridgehead atoms. The van der Waals surface area contributed by atoms with Crippen molar-refractivity contribution in [2.24, 2.45) is 0 Å². The minimum Gasteiger partial charge on any atom is -0.461 e. The average molecular weight is 372 g/mol. The molecule has 26 heavy (non-hydrogen) atoms.